The van der Waals surface area contributed by atoms with Gasteiger partial charge in [-0.15, -0.1) is 0 Å². The third-order valence-corrected chi connectivity index (χ3v) is 5.29. The van der Waals surface area contributed by atoms with Crippen LogP contribution in [-0.2, 0) is 24.0 Å². The minimum Gasteiger partial charge on any atom is -0.480 e. The van der Waals surface area contributed by atoms with Gasteiger partial charge < -0.3 is 43.4 Å². The number of thioether (sulfide) groups is 1. The number of rotatable bonds is 18. The maximum Gasteiger partial charge on any atom is 0.326 e. The Balaban J connectivity index is 5.40. The van der Waals surface area contributed by atoms with E-state index in [1.165, 1.54) is 11.8 Å². The molecule has 0 aliphatic carbocycles. The lowest BCUT2D eigenvalue weighted by molar-refractivity contribution is -0.142. The van der Waals surface area contributed by atoms with Gasteiger partial charge in [-0.2, -0.15) is 11.8 Å². The van der Waals surface area contributed by atoms with Gasteiger partial charge in [0.25, 0.3) is 0 Å². The van der Waals surface area contributed by atoms with Gasteiger partial charge in [0.05, 0.1) is 6.61 Å². The molecule has 4 atom stereocenters. The fourth-order valence-electron chi connectivity index (χ4n) is 2.72. The topological polar surface area (TPSA) is 240 Å². The van der Waals surface area contributed by atoms with Crippen molar-refractivity contribution in [1.82, 2.24) is 16.0 Å². The maximum absolute atomic E-state index is 12.8. The van der Waals surface area contributed by atoms with Crippen LogP contribution in [0, 0.1) is 0 Å². The lowest BCUT2D eigenvalue weighted by Crippen LogP contribution is -2.57. The number of carbonyl (C=O) groups excluding carboxylic acids is 4. The van der Waals surface area contributed by atoms with Crippen LogP contribution in [0.15, 0.2) is 0 Å². The first-order valence-electron chi connectivity index (χ1n) is 10.5. The van der Waals surface area contributed by atoms with E-state index in [2.05, 4.69) is 16.0 Å². The van der Waals surface area contributed by atoms with E-state index in [9.17, 15) is 29.1 Å². The second-order valence-corrected chi connectivity index (χ2v) is 8.37. The number of amides is 4. The predicted octanol–water partition coefficient (Wildman–Crippen LogP) is -3.01. The van der Waals surface area contributed by atoms with E-state index in [0.29, 0.717) is 25.1 Å². The first kappa shape index (κ1) is 30.6. The minimum atomic E-state index is -1.28. The molecule has 11 N–H and O–H groups in total. The van der Waals surface area contributed by atoms with Crippen LogP contribution in [0.25, 0.3) is 0 Å². The molecule has 14 heteroatoms. The van der Waals surface area contributed by atoms with Crippen LogP contribution in [0.4, 0.5) is 0 Å². The Morgan fingerprint density at radius 2 is 1.42 bits per heavy atom. The number of carboxylic acids is 1. The normalized spacial score (nSPS) is 14.4. The van der Waals surface area contributed by atoms with Gasteiger partial charge in [0.1, 0.15) is 24.2 Å². The van der Waals surface area contributed by atoms with Gasteiger partial charge in [-0.25, -0.2) is 4.79 Å². The van der Waals surface area contributed by atoms with Crippen LogP contribution in [0.1, 0.15) is 38.5 Å². The number of hydrogen-bond acceptors (Lipinski definition) is 9. The monoisotopic (exact) mass is 492 g/mol. The Kier molecular flexibility index (Phi) is 15.9. The van der Waals surface area contributed by atoms with Crippen molar-refractivity contribution in [3.05, 3.63) is 0 Å². The molecule has 0 saturated heterocycles. The van der Waals surface area contributed by atoms with Crippen LogP contribution in [0.5, 0.6) is 0 Å². The van der Waals surface area contributed by atoms with E-state index in [0.717, 1.165) is 0 Å². The molecule has 0 aromatic rings. The molecule has 0 aliphatic heterocycles. The van der Waals surface area contributed by atoms with Crippen molar-refractivity contribution < 1.29 is 34.2 Å². The number of primary amides is 1. The molecule has 0 aliphatic rings. The minimum absolute atomic E-state index is 0.154. The number of aliphatic carboxylic acids is 1. The summed E-state index contributed by atoms with van der Waals surface area (Å²) in [5, 5.41) is 25.7. The highest BCUT2D eigenvalue weighted by Crippen LogP contribution is 2.07. The van der Waals surface area contributed by atoms with Crippen molar-refractivity contribution in [2.24, 2.45) is 17.2 Å². The second-order valence-electron chi connectivity index (χ2n) is 7.38. The number of unbranched alkanes of at least 4 members (excludes halogenated alkanes) is 1. The van der Waals surface area contributed by atoms with Crippen molar-refractivity contribution in [3.63, 3.8) is 0 Å². The van der Waals surface area contributed by atoms with Gasteiger partial charge in [0, 0.05) is 6.42 Å². The largest absolute Gasteiger partial charge is 0.480 e. The van der Waals surface area contributed by atoms with Crippen LogP contribution >= 0.6 is 11.8 Å². The highest BCUT2D eigenvalue weighted by Gasteiger charge is 2.30. The summed E-state index contributed by atoms with van der Waals surface area (Å²) in [6.45, 7) is -0.263. The van der Waals surface area contributed by atoms with E-state index in [1.54, 1.807) is 6.26 Å². The third-order valence-electron chi connectivity index (χ3n) is 4.65. The lowest BCUT2D eigenvalue weighted by Gasteiger charge is -2.25. The first-order chi connectivity index (χ1) is 15.6. The molecule has 33 heavy (non-hydrogen) atoms. The smallest absolute Gasteiger partial charge is 0.326 e. The van der Waals surface area contributed by atoms with Gasteiger partial charge in [0.2, 0.25) is 23.6 Å². The van der Waals surface area contributed by atoms with E-state index < -0.39 is 60.4 Å². The lowest BCUT2D eigenvalue weighted by atomic mass is 10.1. The van der Waals surface area contributed by atoms with Crippen molar-refractivity contribution in [2.75, 3.05) is 25.2 Å². The SMILES string of the molecule is CSCCC(NC(=O)C(CCC(N)=O)NC(=O)C(N)CO)C(=O)NC(CCCCN)C(=O)O. The zero-order valence-corrected chi connectivity index (χ0v) is 19.6. The van der Waals surface area contributed by atoms with Crippen molar-refractivity contribution in [3.8, 4) is 0 Å². The van der Waals surface area contributed by atoms with Crippen LogP contribution < -0.4 is 33.2 Å². The average molecular weight is 493 g/mol. The molecule has 13 nitrogen and oxygen atoms in total. The van der Waals surface area contributed by atoms with E-state index >= 15 is 0 Å². The van der Waals surface area contributed by atoms with Crippen LogP contribution in [0.2, 0.25) is 0 Å². The van der Waals surface area contributed by atoms with Crippen molar-refractivity contribution in [2.45, 2.75) is 62.7 Å². The zero-order chi connectivity index (χ0) is 25.4. The van der Waals surface area contributed by atoms with Gasteiger partial charge in [-0.3, -0.25) is 19.2 Å². The summed E-state index contributed by atoms with van der Waals surface area (Å²) >= 11 is 1.42. The molecule has 0 aromatic carbocycles. The Morgan fingerprint density at radius 3 is 1.91 bits per heavy atom. The molecule has 0 saturated carbocycles. The van der Waals surface area contributed by atoms with Crippen molar-refractivity contribution in [1.29, 1.82) is 0 Å². The average Bonchev–Trinajstić information content (AvgIpc) is 2.77. The summed E-state index contributed by atoms with van der Waals surface area (Å²) in [6.07, 6.45) is 2.90. The molecule has 0 bridgehead atoms. The van der Waals surface area contributed by atoms with Crippen LogP contribution in [-0.4, -0.2) is 89.1 Å². The van der Waals surface area contributed by atoms with Crippen molar-refractivity contribution >= 4 is 41.4 Å². The number of carboxylic acid groups (broad SMARTS) is 1. The zero-order valence-electron chi connectivity index (χ0n) is 18.7. The number of nitrogens with two attached hydrogens (primary N) is 3. The van der Waals surface area contributed by atoms with Gasteiger partial charge in [0.15, 0.2) is 0 Å². The summed E-state index contributed by atoms with van der Waals surface area (Å²) in [4.78, 5) is 60.2. The molecule has 0 radical (unpaired) electrons. The predicted molar refractivity (Wildman–Crippen MR) is 123 cm³/mol. The highest BCUT2D eigenvalue weighted by molar-refractivity contribution is 7.98. The molecule has 0 rings (SSSR count). The Labute approximate surface area is 196 Å². The molecule has 4 amide bonds. The second kappa shape index (κ2) is 17.1. The molecule has 0 heterocycles. The summed E-state index contributed by atoms with van der Waals surface area (Å²) in [7, 11) is 0. The highest BCUT2D eigenvalue weighted by atomic mass is 32.2. The van der Waals surface area contributed by atoms with Crippen LogP contribution in [0.3, 0.4) is 0 Å². The fourth-order valence-corrected chi connectivity index (χ4v) is 3.19. The number of carbonyl (C=O) groups is 5. The fraction of sp³-hybridized carbons (Fsp3) is 0.737. The first-order valence-corrected chi connectivity index (χ1v) is 11.9. The molecule has 0 aromatic heterocycles. The van der Waals surface area contributed by atoms with E-state index in [1.807, 2.05) is 0 Å². The van der Waals surface area contributed by atoms with Gasteiger partial charge in [-0.1, -0.05) is 0 Å². The molecular weight excluding hydrogens is 456 g/mol. The quantitative estimate of drug-likeness (QED) is 0.0901. The summed E-state index contributed by atoms with van der Waals surface area (Å²) < 4.78 is 0. The van der Waals surface area contributed by atoms with Gasteiger partial charge in [-0.05, 0) is 50.7 Å². The van der Waals surface area contributed by atoms with Gasteiger partial charge >= 0.3 is 5.97 Å². The summed E-state index contributed by atoms with van der Waals surface area (Å²) in [5.74, 6) is -3.71. The Morgan fingerprint density at radius 1 is 0.879 bits per heavy atom. The number of aliphatic hydroxyl groups is 1. The van der Waals surface area contributed by atoms with E-state index in [4.69, 9.17) is 22.3 Å². The Bertz CT molecular complexity index is 667. The number of aliphatic hydroxyl groups excluding tert-OH is 1. The standard InChI is InChI=1S/C19H36N6O7S/c1-33-9-7-13(18(30)25-14(19(31)32)4-2-3-8-20)24-17(29)12(5-6-15(22)27)23-16(28)11(21)10-26/h11-14,26H,2-10,20-21H2,1H3,(H2,22,27)(H,23,28)(H,24,29)(H,25,30)(H,31,32). The molecule has 190 valence electrons. The number of hydrogen-bond donors (Lipinski definition) is 8. The maximum atomic E-state index is 12.8. The summed E-state index contributed by atoms with van der Waals surface area (Å²) in [6, 6.07) is -4.76. The number of nitrogens with one attached hydrogen (secondary N) is 3. The molecule has 0 spiro atoms. The molecule has 0 fully saturated rings. The molecule has 4 unspecified atom stereocenters. The summed E-state index contributed by atoms with van der Waals surface area (Å²) in [5.41, 5.74) is 16.0. The third kappa shape index (κ3) is 13.0. The molecular formula is C19H36N6O7S. The Hall–Kier alpha value is -2.42. The van der Waals surface area contributed by atoms with E-state index in [-0.39, 0.29) is 25.7 Å².